The van der Waals surface area contributed by atoms with Crippen LogP contribution in [0.5, 0.6) is 0 Å². The highest BCUT2D eigenvalue weighted by atomic mass is 32.2. The summed E-state index contributed by atoms with van der Waals surface area (Å²) in [5, 5.41) is 5.43. The number of Topliss-reactive ketones (excluding diaryl/α,β-unsaturated/α-hetero) is 1. The molecule has 1 atom stereocenters. The van der Waals surface area contributed by atoms with Crippen molar-refractivity contribution in [1.82, 2.24) is 24.5 Å². The fraction of sp³-hybridized carbons (Fsp3) is 0.250. The minimum absolute atomic E-state index is 0.0917. The first kappa shape index (κ1) is 22.1. The van der Waals surface area contributed by atoms with Gasteiger partial charge in [-0.3, -0.25) is 9.78 Å². The minimum Gasteiger partial charge on any atom is -0.598 e. The summed E-state index contributed by atoms with van der Waals surface area (Å²) in [4.78, 5) is 20.9. The van der Waals surface area contributed by atoms with Crippen LogP contribution in [0.3, 0.4) is 0 Å². The number of hydrogen-bond donors (Lipinski definition) is 1. The van der Waals surface area contributed by atoms with Crippen molar-refractivity contribution >= 4 is 28.0 Å². The third-order valence-corrected chi connectivity index (χ3v) is 6.45. The summed E-state index contributed by atoms with van der Waals surface area (Å²) < 4.78 is 16.7. The number of benzene rings is 1. The van der Waals surface area contributed by atoms with Gasteiger partial charge in [0.25, 0.3) is 0 Å². The first-order valence-corrected chi connectivity index (χ1v) is 11.5. The Hall–Kier alpha value is -3.07. The van der Waals surface area contributed by atoms with E-state index >= 15 is 0 Å². The van der Waals surface area contributed by atoms with Crippen LogP contribution in [0, 0.1) is 0 Å². The SMILES string of the molecule is CC(=O)c1cccc(-n2ncc3ccc(-c4cccc(CN[S+]([O-])C(C)(C)C)n4)cc32)n1. The van der Waals surface area contributed by atoms with Crippen LogP contribution in [0.2, 0.25) is 0 Å². The molecular formula is C24H25N5O2S. The Morgan fingerprint density at radius 2 is 1.88 bits per heavy atom. The highest BCUT2D eigenvalue weighted by Gasteiger charge is 2.26. The third-order valence-electron chi connectivity index (χ3n) is 4.93. The number of hydrogen-bond acceptors (Lipinski definition) is 6. The molecule has 0 aliphatic carbocycles. The zero-order chi connectivity index (χ0) is 22.9. The van der Waals surface area contributed by atoms with Crippen molar-refractivity contribution in [2.45, 2.75) is 39.0 Å². The molecule has 0 radical (unpaired) electrons. The maximum atomic E-state index is 12.3. The highest BCUT2D eigenvalue weighted by Crippen LogP contribution is 2.25. The normalized spacial score (nSPS) is 12.8. The van der Waals surface area contributed by atoms with Crippen LogP contribution in [-0.4, -0.2) is 34.8 Å². The molecule has 164 valence electrons. The molecule has 0 fully saturated rings. The summed E-state index contributed by atoms with van der Waals surface area (Å²) in [5.74, 6) is 0.492. The van der Waals surface area contributed by atoms with Crippen molar-refractivity contribution in [2.75, 3.05) is 0 Å². The smallest absolute Gasteiger partial charge is 0.178 e. The van der Waals surface area contributed by atoms with Gasteiger partial charge in [-0.2, -0.15) is 5.10 Å². The van der Waals surface area contributed by atoms with Crippen molar-refractivity contribution in [2.24, 2.45) is 0 Å². The maximum absolute atomic E-state index is 12.3. The molecule has 0 spiro atoms. The van der Waals surface area contributed by atoms with E-state index in [9.17, 15) is 9.35 Å². The van der Waals surface area contributed by atoms with E-state index in [4.69, 9.17) is 4.98 Å². The highest BCUT2D eigenvalue weighted by molar-refractivity contribution is 7.90. The average molecular weight is 448 g/mol. The fourth-order valence-corrected chi connectivity index (χ4v) is 3.90. The quantitative estimate of drug-likeness (QED) is 0.351. The van der Waals surface area contributed by atoms with Crippen molar-refractivity contribution in [3.63, 3.8) is 0 Å². The Bertz CT molecular complexity index is 1280. The standard InChI is InChI=1S/C24H25N5O2S/c1-16(30)20-8-6-10-23(28-20)29-22-13-17(11-12-18(22)14-25-29)21-9-5-7-19(27-21)15-26-32(31)24(2,3)4/h5-14,26H,15H2,1-4H3. The van der Waals surface area contributed by atoms with Gasteiger partial charge in [0.2, 0.25) is 0 Å². The lowest BCUT2D eigenvalue weighted by atomic mass is 10.1. The summed E-state index contributed by atoms with van der Waals surface area (Å²) in [6.07, 6.45) is 1.77. The zero-order valence-corrected chi connectivity index (χ0v) is 19.3. The Morgan fingerprint density at radius 1 is 1.09 bits per heavy atom. The summed E-state index contributed by atoms with van der Waals surface area (Å²) in [7, 11) is 0. The molecule has 8 heteroatoms. The molecule has 3 aromatic heterocycles. The number of nitrogens with zero attached hydrogens (tertiary/aromatic N) is 4. The van der Waals surface area contributed by atoms with Gasteiger partial charge in [-0.25, -0.2) is 9.67 Å². The molecule has 1 aromatic carbocycles. The summed E-state index contributed by atoms with van der Waals surface area (Å²) in [6.45, 7) is 7.70. The van der Waals surface area contributed by atoms with Crippen LogP contribution in [0.4, 0.5) is 0 Å². The predicted octanol–water partition coefficient (Wildman–Crippen LogP) is 4.24. The van der Waals surface area contributed by atoms with Gasteiger partial charge in [0.05, 0.1) is 29.6 Å². The van der Waals surface area contributed by atoms with E-state index in [1.807, 2.05) is 63.2 Å². The van der Waals surface area contributed by atoms with Crippen LogP contribution >= 0.6 is 0 Å². The first-order valence-electron chi connectivity index (χ1n) is 10.3. The number of fused-ring (bicyclic) bond motifs is 1. The van der Waals surface area contributed by atoms with Crippen LogP contribution < -0.4 is 4.72 Å². The van der Waals surface area contributed by atoms with E-state index in [0.29, 0.717) is 18.1 Å². The number of nitrogens with one attached hydrogen (secondary N) is 1. The molecule has 4 aromatic rings. The Kier molecular flexibility index (Phi) is 6.10. The molecule has 0 saturated carbocycles. The molecule has 7 nitrogen and oxygen atoms in total. The van der Waals surface area contributed by atoms with Crippen molar-refractivity contribution < 1.29 is 9.35 Å². The second-order valence-electron chi connectivity index (χ2n) is 8.48. The number of carbonyl (C=O) groups is 1. The number of ketones is 1. The van der Waals surface area contributed by atoms with Gasteiger partial charge in [-0.15, -0.1) is 4.72 Å². The van der Waals surface area contributed by atoms with Crippen molar-refractivity contribution in [1.29, 1.82) is 0 Å². The van der Waals surface area contributed by atoms with E-state index in [2.05, 4.69) is 14.8 Å². The number of carbonyl (C=O) groups excluding carboxylic acids is 1. The lowest BCUT2D eigenvalue weighted by Crippen LogP contribution is -2.39. The fourth-order valence-electron chi connectivity index (χ4n) is 3.19. The lowest BCUT2D eigenvalue weighted by molar-refractivity contribution is 0.101. The second kappa shape index (κ2) is 8.82. The van der Waals surface area contributed by atoms with Gasteiger partial charge in [0, 0.05) is 29.2 Å². The van der Waals surface area contributed by atoms with Gasteiger partial charge in [-0.05, 0) is 51.1 Å². The minimum atomic E-state index is -1.16. The average Bonchev–Trinajstić information content (AvgIpc) is 3.20. The molecule has 0 aliphatic rings. The van der Waals surface area contributed by atoms with E-state index < -0.39 is 11.4 Å². The first-order chi connectivity index (χ1) is 15.2. The van der Waals surface area contributed by atoms with Gasteiger partial charge in [0.15, 0.2) is 11.6 Å². The van der Waals surface area contributed by atoms with Crippen LogP contribution in [-0.2, 0) is 17.9 Å². The molecule has 4 rings (SSSR count). The monoisotopic (exact) mass is 447 g/mol. The summed E-state index contributed by atoms with van der Waals surface area (Å²) in [5.41, 5.74) is 3.82. The van der Waals surface area contributed by atoms with Crippen molar-refractivity contribution in [3.8, 4) is 17.1 Å². The van der Waals surface area contributed by atoms with Gasteiger partial charge in [0.1, 0.15) is 10.4 Å². The predicted molar refractivity (Wildman–Crippen MR) is 127 cm³/mol. The van der Waals surface area contributed by atoms with Gasteiger partial charge < -0.3 is 4.55 Å². The molecule has 0 amide bonds. The molecule has 1 unspecified atom stereocenters. The molecule has 0 aliphatic heterocycles. The van der Waals surface area contributed by atoms with Crippen molar-refractivity contribution in [3.05, 3.63) is 72.2 Å². The van der Waals surface area contributed by atoms with Crippen LogP contribution in [0.25, 0.3) is 28.0 Å². The summed E-state index contributed by atoms with van der Waals surface area (Å²) in [6, 6.07) is 17.1. The Balaban J connectivity index is 1.66. The van der Waals surface area contributed by atoms with E-state index in [0.717, 1.165) is 27.9 Å². The molecule has 32 heavy (non-hydrogen) atoms. The van der Waals surface area contributed by atoms with Crippen LogP contribution in [0.15, 0.2) is 60.8 Å². The third kappa shape index (κ3) is 4.72. The second-order valence-corrected chi connectivity index (χ2v) is 10.5. The maximum Gasteiger partial charge on any atom is 0.178 e. The van der Waals surface area contributed by atoms with E-state index in [1.54, 1.807) is 23.0 Å². The lowest BCUT2D eigenvalue weighted by Gasteiger charge is -2.23. The van der Waals surface area contributed by atoms with E-state index in [1.165, 1.54) is 6.92 Å². The largest absolute Gasteiger partial charge is 0.598 e. The number of pyridine rings is 2. The molecular weight excluding hydrogens is 422 g/mol. The molecule has 1 N–H and O–H groups in total. The van der Waals surface area contributed by atoms with E-state index in [-0.39, 0.29) is 10.5 Å². The van der Waals surface area contributed by atoms with Crippen LogP contribution in [0.1, 0.15) is 43.9 Å². The Morgan fingerprint density at radius 3 is 2.62 bits per heavy atom. The van der Waals surface area contributed by atoms with Gasteiger partial charge in [-0.1, -0.05) is 24.3 Å². The molecule has 0 saturated heterocycles. The number of rotatable bonds is 6. The molecule has 3 heterocycles. The van der Waals surface area contributed by atoms with Gasteiger partial charge >= 0.3 is 0 Å². The zero-order valence-electron chi connectivity index (χ0n) is 18.5. The molecule has 0 bridgehead atoms. The number of aromatic nitrogens is 4. The Labute approximate surface area is 190 Å². The topological polar surface area (TPSA) is 95.8 Å². The summed E-state index contributed by atoms with van der Waals surface area (Å²) >= 11 is -1.16.